The predicted molar refractivity (Wildman–Crippen MR) is 83.5 cm³/mol. The van der Waals surface area contributed by atoms with E-state index in [1.807, 2.05) is 62.4 Å². The Morgan fingerprint density at radius 3 is 1.17 bits per heavy atom. The van der Waals surface area contributed by atoms with Gasteiger partial charge in [0.25, 0.3) is 0 Å². The fourth-order valence-electron chi connectivity index (χ4n) is 0.987. The normalized spacial score (nSPS) is 7.39. The summed E-state index contributed by atoms with van der Waals surface area (Å²) in [6, 6.07) is 19.7. The number of hydrogen-bond donors (Lipinski definition) is 2. The van der Waals surface area contributed by atoms with Gasteiger partial charge in [0.1, 0.15) is 0 Å². The molecule has 0 saturated heterocycles. The zero-order chi connectivity index (χ0) is 14.2. The van der Waals surface area contributed by atoms with Gasteiger partial charge in [-0.1, -0.05) is 67.9 Å². The molecule has 0 saturated carbocycles. The van der Waals surface area contributed by atoms with E-state index in [9.17, 15) is 0 Å². The van der Waals surface area contributed by atoms with E-state index >= 15 is 0 Å². The molecule has 0 aromatic heterocycles. The third-order valence-electron chi connectivity index (χ3n) is 1.74. The van der Waals surface area contributed by atoms with Crippen LogP contribution in [0.2, 0.25) is 0 Å². The topological polar surface area (TPSA) is 52.0 Å². The molecule has 18 heavy (non-hydrogen) atoms. The van der Waals surface area contributed by atoms with Crippen molar-refractivity contribution in [2.45, 2.75) is 20.8 Å². The van der Waals surface area contributed by atoms with Gasteiger partial charge in [-0.2, -0.15) is 0 Å². The number of hydrogen-bond acceptors (Lipinski definition) is 2. The summed E-state index contributed by atoms with van der Waals surface area (Å²) in [5.74, 6) is 0. The predicted octanol–water partition coefficient (Wildman–Crippen LogP) is 3.86. The van der Waals surface area contributed by atoms with Gasteiger partial charge in [-0.3, -0.25) is 0 Å². The van der Waals surface area contributed by atoms with Crippen LogP contribution in [0.4, 0.5) is 5.69 Å². The van der Waals surface area contributed by atoms with Gasteiger partial charge in [0.05, 0.1) is 0 Å². The fourth-order valence-corrected chi connectivity index (χ4v) is 0.987. The maximum absolute atomic E-state index is 5.36. The monoisotopic (exact) mass is 246 g/mol. The summed E-state index contributed by atoms with van der Waals surface area (Å²) < 4.78 is 0. The molecule has 2 heteroatoms. The molecule has 0 unspecified atom stereocenters. The first-order valence-corrected chi connectivity index (χ1v) is 6.19. The van der Waals surface area contributed by atoms with E-state index in [0.29, 0.717) is 0 Å². The van der Waals surface area contributed by atoms with Gasteiger partial charge in [0.15, 0.2) is 0 Å². The Labute approximate surface area is 112 Å². The minimum atomic E-state index is 0.822. The first kappa shape index (κ1) is 18.6. The van der Waals surface area contributed by atoms with Crippen LogP contribution in [-0.2, 0) is 0 Å². The lowest BCUT2D eigenvalue weighted by atomic mass is 10.2. The van der Waals surface area contributed by atoms with Crippen molar-refractivity contribution in [3.63, 3.8) is 0 Å². The van der Waals surface area contributed by atoms with Crippen molar-refractivity contribution < 1.29 is 0 Å². The largest absolute Gasteiger partial charge is 0.399 e. The highest BCUT2D eigenvalue weighted by Gasteiger charge is 1.72. The number of nitrogens with two attached hydrogens (primary N) is 2. The van der Waals surface area contributed by atoms with E-state index in [0.717, 1.165) is 5.69 Å². The molecule has 4 N–H and O–H groups in total. The Morgan fingerprint density at radius 1 is 0.667 bits per heavy atom. The molecule has 0 aliphatic carbocycles. The van der Waals surface area contributed by atoms with E-state index in [1.54, 1.807) is 0 Å². The number of para-hydroxylation sites is 1. The van der Waals surface area contributed by atoms with E-state index in [4.69, 9.17) is 5.73 Å². The summed E-state index contributed by atoms with van der Waals surface area (Å²) in [6.45, 7) is 6.08. The van der Waals surface area contributed by atoms with Gasteiger partial charge < -0.3 is 11.5 Å². The van der Waals surface area contributed by atoms with E-state index in [-0.39, 0.29) is 0 Å². The van der Waals surface area contributed by atoms with Crippen LogP contribution in [0.25, 0.3) is 0 Å². The zero-order valence-corrected chi connectivity index (χ0v) is 11.9. The summed E-state index contributed by atoms with van der Waals surface area (Å²) >= 11 is 0. The van der Waals surface area contributed by atoms with Crippen LogP contribution in [-0.4, -0.2) is 7.05 Å². The van der Waals surface area contributed by atoms with Crippen molar-refractivity contribution in [1.82, 2.24) is 0 Å². The summed E-state index contributed by atoms with van der Waals surface area (Å²) in [4.78, 5) is 0. The summed E-state index contributed by atoms with van der Waals surface area (Å²) in [7, 11) is 1.50. The second-order valence-electron chi connectivity index (χ2n) is 3.07. The lowest BCUT2D eigenvalue weighted by Crippen LogP contribution is -1.79. The van der Waals surface area contributed by atoms with Crippen molar-refractivity contribution >= 4 is 5.69 Å². The number of nitrogen functional groups attached to an aromatic ring is 1. The first-order chi connectivity index (χ1) is 8.79. The van der Waals surface area contributed by atoms with Crippen molar-refractivity contribution in [2.24, 2.45) is 5.73 Å². The Bertz CT molecular complexity index is 306. The highest BCUT2D eigenvalue weighted by atomic mass is 14.5. The SMILES string of the molecule is CC.CN.Cc1ccccc1.Nc1ccccc1. The molecule has 0 fully saturated rings. The van der Waals surface area contributed by atoms with Crippen LogP contribution < -0.4 is 11.5 Å². The van der Waals surface area contributed by atoms with Crippen LogP contribution >= 0.6 is 0 Å². The first-order valence-electron chi connectivity index (χ1n) is 6.19. The second kappa shape index (κ2) is 15.2. The molecule has 0 atom stereocenters. The van der Waals surface area contributed by atoms with Crippen LogP contribution in [0.3, 0.4) is 0 Å². The third kappa shape index (κ3) is 12.3. The lowest BCUT2D eigenvalue weighted by Gasteiger charge is -1.83. The minimum Gasteiger partial charge on any atom is -0.399 e. The molecule has 100 valence electrons. The molecule has 0 bridgehead atoms. The molecular weight excluding hydrogens is 220 g/mol. The molecule has 2 aromatic carbocycles. The number of anilines is 1. The van der Waals surface area contributed by atoms with Crippen LogP contribution in [0.5, 0.6) is 0 Å². The molecule has 2 aromatic rings. The Morgan fingerprint density at radius 2 is 1.00 bits per heavy atom. The molecule has 0 amide bonds. The Balaban J connectivity index is 0. The molecule has 2 rings (SSSR count). The smallest absolute Gasteiger partial charge is 0.0313 e. The van der Waals surface area contributed by atoms with Crippen molar-refractivity contribution in [3.05, 3.63) is 66.2 Å². The maximum atomic E-state index is 5.36. The van der Waals surface area contributed by atoms with E-state index < -0.39 is 0 Å². The second-order valence-corrected chi connectivity index (χ2v) is 3.07. The lowest BCUT2D eigenvalue weighted by molar-refractivity contribution is 1.48. The van der Waals surface area contributed by atoms with Crippen LogP contribution in [0, 0.1) is 6.92 Å². The molecule has 2 nitrogen and oxygen atoms in total. The minimum absolute atomic E-state index is 0.822. The molecule has 0 aliphatic rings. The highest BCUT2D eigenvalue weighted by molar-refractivity contribution is 5.35. The van der Waals surface area contributed by atoms with Gasteiger partial charge in [0.2, 0.25) is 0 Å². The van der Waals surface area contributed by atoms with Gasteiger partial charge in [0, 0.05) is 5.69 Å². The fraction of sp³-hybridized carbons (Fsp3) is 0.250. The summed E-state index contributed by atoms with van der Waals surface area (Å²) in [5, 5.41) is 0. The van der Waals surface area contributed by atoms with Crippen LogP contribution in [0.1, 0.15) is 19.4 Å². The molecule has 0 spiro atoms. The molecule has 0 aliphatic heterocycles. The van der Waals surface area contributed by atoms with Crippen LogP contribution in [0.15, 0.2) is 60.7 Å². The molecular formula is C16H26N2. The standard InChI is InChI=1S/C7H8.C6H7N.C2H6.CH5N/c1-7-5-3-2-4-6-7;7-6-4-2-1-3-5-6;2*1-2/h2-6H,1H3;1-5H,7H2;1-2H3;2H2,1H3. The summed E-state index contributed by atoms with van der Waals surface area (Å²) in [6.07, 6.45) is 0. The highest BCUT2D eigenvalue weighted by Crippen LogP contribution is 1.95. The van der Waals surface area contributed by atoms with E-state index in [2.05, 4.69) is 24.8 Å². The van der Waals surface area contributed by atoms with Gasteiger partial charge in [-0.25, -0.2) is 0 Å². The van der Waals surface area contributed by atoms with Crippen molar-refractivity contribution in [3.8, 4) is 0 Å². The average molecular weight is 246 g/mol. The summed E-state index contributed by atoms with van der Waals surface area (Å²) in [5.41, 5.74) is 12.0. The third-order valence-corrected chi connectivity index (χ3v) is 1.74. The quantitative estimate of drug-likeness (QED) is 0.693. The maximum Gasteiger partial charge on any atom is 0.0313 e. The Kier molecular flexibility index (Phi) is 15.7. The van der Waals surface area contributed by atoms with Gasteiger partial charge in [-0.15, -0.1) is 0 Å². The molecule has 0 radical (unpaired) electrons. The van der Waals surface area contributed by atoms with Gasteiger partial charge >= 0.3 is 0 Å². The van der Waals surface area contributed by atoms with Gasteiger partial charge in [-0.05, 0) is 26.1 Å². The number of benzene rings is 2. The van der Waals surface area contributed by atoms with Crippen molar-refractivity contribution in [1.29, 1.82) is 0 Å². The number of rotatable bonds is 0. The van der Waals surface area contributed by atoms with E-state index in [1.165, 1.54) is 12.6 Å². The molecule has 0 heterocycles. The average Bonchev–Trinajstić information content (AvgIpc) is 2.46. The van der Waals surface area contributed by atoms with Crippen molar-refractivity contribution in [2.75, 3.05) is 12.8 Å². The Hall–Kier alpha value is -1.80. The number of aryl methyl sites for hydroxylation is 1. The zero-order valence-electron chi connectivity index (χ0n) is 11.9.